The number of carbonyl (C=O) groups is 1. The molecule has 3 rings (SSSR count). The Labute approximate surface area is 175 Å². The van der Waals surface area contributed by atoms with Crippen LogP contribution >= 0.6 is 0 Å². The summed E-state index contributed by atoms with van der Waals surface area (Å²) in [7, 11) is -3.64. The lowest BCUT2D eigenvalue weighted by molar-refractivity contribution is -0.121. The number of nitrogens with one attached hydrogen (secondary N) is 1. The number of allylic oxidation sites excluding steroid dienone is 1. The second-order valence-electron chi connectivity index (χ2n) is 8.17. The van der Waals surface area contributed by atoms with Crippen molar-refractivity contribution in [2.45, 2.75) is 58.9 Å². The highest BCUT2D eigenvalue weighted by Gasteiger charge is 2.34. The highest BCUT2D eigenvalue weighted by molar-refractivity contribution is 7.86. The summed E-state index contributed by atoms with van der Waals surface area (Å²) in [5, 5.41) is 2.89. The largest absolute Gasteiger partial charge is 0.355 e. The van der Waals surface area contributed by atoms with Gasteiger partial charge in [-0.05, 0) is 63.5 Å². The summed E-state index contributed by atoms with van der Waals surface area (Å²) in [6, 6.07) is 6.09. The molecule has 0 aromatic heterocycles. The lowest BCUT2D eigenvalue weighted by atomic mass is 9.97. The Morgan fingerprint density at radius 2 is 1.90 bits per heavy atom. The lowest BCUT2D eigenvalue weighted by Gasteiger charge is -2.34. The fourth-order valence-corrected chi connectivity index (χ4v) is 5.64. The number of rotatable bonds is 7. The Kier molecular flexibility index (Phi) is 7.49. The van der Waals surface area contributed by atoms with Gasteiger partial charge in [0.2, 0.25) is 5.91 Å². The Balaban J connectivity index is 1.56. The first kappa shape index (κ1) is 22.0. The fraction of sp³-hybridized carbons (Fsp3) is 0.591. The molecule has 1 heterocycles. The van der Waals surface area contributed by atoms with Gasteiger partial charge in [0.15, 0.2) is 0 Å². The summed E-state index contributed by atoms with van der Waals surface area (Å²) >= 11 is 0. The summed E-state index contributed by atoms with van der Waals surface area (Å²) in [5.74, 6) is -0.224. The van der Waals surface area contributed by atoms with Crippen LogP contribution in [0.4, 0.5) is 0 Å². The predicted molar refractivity (Wildman–Crippen MR) is 116 cm³/mol. The zero-order valence-electron chi connectivity index (χ0n) is 17.6. The van der Waals surface area contributed by atoms with E-state index in [9.17, 15) is 13.2 Å². The van der Waals surface area contributed by atoms with Gasteiger partial charge in [-0.25, -0.2) is 0 Å². The number of aryl methyl sites for hydroxylation is 2. The van der Waals surface area contributed by atoms with E-state index in [1.165, 1.54) is 27.0 Å². The number of amides is 1. The number of benzene rings is 1. The van der Waals surface area contributed by atoms with Crippen LogP contribution in [-0.2, 0) is 21.5 Å². The van der Waals surface area contributed by atoms with Gasteiger partial charge in [-0.1, -0.05) is 35.4 Å². The maximum atomic E-state index is 13.0. The van der Waals surface area contributed by atoms with Crippen LogP contribution in [0.1, 0.15) is 55.2 Å². The third kappa shape index (κ3) is 5.90. The summed E-state index contributed by atoms with van der Waals surface area (Å²) in [6.07, 6.45) is 8.58. The molecule has 2 aliphatic rings. The van der Waals surface area contributed by atoms with E-state index in [-0.39, 0.29) is 12.5 Å². The van der Waals surface area contributed by atoms with Gasteiger partial charge in [0, 0.05) is 26.2 Å². The van der Waals surface area contributed by atoms with Gasteiger partial charge >= 0.3 is 0 Å². The number of carbonyl (C=O) groups excluding carboxylic acids is 1. The second-order valence-corrected chi connectivity index (χ2v) is 10.1. The summed E-state index contributed by atoms with van der Waals surface area (Å²) < 4.78 is 28.9. The van der Waals surface area contributed by atoms with Crippen molar-refractivity contribution in [1.29, 1.82) is 0 Å². The molecule has 7 heteroatoms. The van der Waals surface area contributed by atoms with Crippen LogP contribution in [0.25, 0.3) is 0 Å². The zero-order valence-corrected chi connectivity index (χ0v) is 18.4. The van der Waals surface area contributed by atoms with Gasteiger partial charge in [0.1, 0.15) is 0 Å². The molecule has 0 radical (unpaired) electrons. The topological polar surface area (TPSA) is 69.7 Å². The van der Waals surface area contributed by atoms with Crippen molar-refractivity contribution in [2.75, 3.05) is 26.2 Å². The van der Waals surface area contributed by atoms with Crippen molar-refractivity contribution in [1.82, 2.24) is 13.9 Å². The van der Waals surface area contributed by atoms with E-state index in [0.29, 0.717) is 26.2 Å². The van der Waals surface area contributed by atoms with Crippen LogP contribution in [0.15, 0.2) is 29.8 Å². The Hall–Kier alpha value is -1.70. The molecule has 160 valence electrons. The SMILES string of the molecule is Cc1ccc(C)c(CN2CCCN(CC(=O)NCCC3=CCCCC3)S2(=O)=O)c1. The number of hydrogen-bond acceptors (Lipinski definition) is 3. The first-order chi connectivity index (χ1) is 13.9. The molecular weight excluding hydrogens is 386 g/mol. The van der Waals surface area contributed by atoms with Crippen LogP contribution < -0.4 is 5.32 Å². The van der Waals surface area contributed by atoms with Crippen LogP contribution in [0.5, 0.6) is 0 Å². The van der Waals surface area contributed by atoms with Gasteiger partial charge < -0.3 is 5.32 Å². The maximum Gasteiger partial charge on any atom is 0.282 e. The van der Waals surface area contributed by atoms with E-state index in [1.807, 2.05) is 32.0 Å². The van der Waals surface area contributed by atoms with Crippen molar-refractivity contribution >= 4 is 16.1 Å². The van der Waals surface area contributed by atoms with Crippen molar-refractivity contribution in [2.24, 2.45) is 0 Å². The molecule has 0 unspecified atom stereocenters. The Morgan fingerprint density at radius 3 is 2.66 bits per heavy atom. The molecule has 29 heavy (non-hydrogen) atoms. The smallest absolute Gasteiger partial charge is 0.282 e. The molecule has 1 aromatic carbocycles. The van der Waals surface area contributed by atoms with E-state index in [2.05, 4.69) is 11.4 Å². The number of nitrogens with zero attached hydrogens (tertiary/aromatic N) is 2. The third-order valence-electron chi connectivity index (χ3n) is 5.79. The monoisotopic (exact) mass is 419 g/mol. The van der Waals surface area contributed by atoms with Gasteiger partial charge in [-0.15, -0.1) is 0 Å². The molecule has 0 atom stereocenters. The van der Waals surface area contributed by atoms with Gasteiger partial charge in [0.05, 0.1) is 6.54 Å². The minimum absolute atomic E-state index is 0.106. The first-order valence-electron chi connectivity index (χ1n) is 10.6. The van der Waals surface area contributed by atoms with E-state index in [4.69, 9.17) is 0 Å². The molecule has 1 fully saturated rings. The van der Waals surface area contributed by atoms with Crippen LogP contribution in [0, 0.1) is 13.8 Å². The number of hydrogen-bond donors (Lipinski definition) is 1. The summed E-state index contributed by atoms with van der Waals surface area (Å²) in [4.78, 5) is 12.3. The Morgan fingerprint density at radius 1 is 1.10 bits per heavy atom. The molecule has 1 amide bonds. The molecule has 0 saturated carbocycles. The quantitative estimate of drug-likeness (QED) is 0.691. The highest BCUT2D eigenvalue weighted by Crippen LogP contribution is 2.22. The van der Waals surface area contributed by atoms with Gasteiger partial charge in [0.25, 0.3) is 10.2 Å². The Bertz CT molecular complexity index is 864. The first-order valence-corrected chi connectivity index (χ1v) is 12.0. The third-order valence-corrected chi connectivity index (χ3v) is 7.72. The fourth-order valence-electron chi connectivity index (χ4n) is 4.01. The van der Waals surface area contributed by atoms with Crippen LogP contribution in [-0.4, -0.2) is 49.1 Å². The van der Waals surface area contributed by atoms with E-state index >= 15 is 0 Å². The highest BCUT2D eigenvalue weighted by atomic mass is 32.2. The lowest BCUT2D eigenvalue weighted by Crippen LogP contribution is -2.52. The second kappa shape index (κ2) is 9.87. The molecule has 1 saturated heterocycles. The molecule has 0 spiro atoms. The standard InChI is InChI=1S/C22H33N3O3S/c1-18-9-10-19(2)21(15-18)16-24-13-6-14-25(29(24,27)28)17-22(26)23-12-11-20-7-4-3-5-8-20/h7,9-10,15H,3-6,8,11-14,16-17H2,1-2H3,(H,23,26). The predicted octanol–water partition coefficient (Wildman–Crippen LogP) is 3.06. The molecule has 1 aliphatic carbocycles. The van der Waals surface area contributed by atoms with E-state index in [1.54, 1.807) is 0 Å². The summed E-state index contributed by atoms with van der Waals surface area (Å²) in [6.45, 7) is 5.70. The molecule has 1 aliphatic heterocycles. The average Bonchev–Trinajstić information content (AvgIpc) is 2.69. The molecule has 1 aromatic rings. The normalized spacial score (nSPS) is 20.3. The molecule has 0 bridgehead atoms. The van der Waals surface area contributed by atoms with Crippen LogP contribution in [0.3, 0.4) is 0 Å². The van der Waals surface area contributed by atoms with Crippen molar-refractivity contribution in [3.8, 4) is 0 Å². The van der Waals surface area contributed by atoms with Crippen molar-refractivity contribution < 1.29 is 13.2 Å². The summed E-state index contributed by atoms with van der Waals surface area (Å²) in [5.41, 5.74) is 4.62. The van der Waals surface area contributed by atoms with Crippen molar-refractivity contribution in [3.63, 3.8) is 0 Å². The minimum Gasteiger partial charge on any atom is -0.355 e. The minimum atomic E-state index is -3.64. The van der Waals surface area contributed by atoms with Gasteiger partial charge in [-0.3, -0.25) is 4.79 Å². The van der Waals surface area contributed by atoms with Crippen LogP contribution in [0.2, 0.25) is 0 Å². The molecular formula is C22H33N3O3S. The zero-order chi connectivity index (χ0) is 20.9. The van der Waals surface area contributed by atoms with Crippen molar-refractivity contribution in [3.05, 3.63) is 46.5 Å². The molecule has 6 nitrogen and oxygen atoms in total. The average molecular weight is 420 g/mol. The van der Waals surface area contributed by atoms with E-state index in [0.717, 1.165) is 42.4 Å². The van der Waals surface area contributed by atoms with Gasteiger partial charge in [-0.2, -0.15) is 17.0 Å². The maximum absolute atomic E-state index is 13.0. The van der Waals surface area contributed by atoms with E-state index < -0.39 is 10.2 Å². The molecule has 1 N–H and O–H groups in total.